The maximum Gasteiger partial charge on any atom is 1.00 e. The van der Waals surface area contributed by atoms with E-state index >= 15 is 0 Å². The Morgan fingerprint density at radius 3 is 2.32 bits per heavy atom. The van der Waals surface area contributed by atoms with Gasteiger partial charge in [-0.05, 0) is 86.7 Å². The van der Waals surface area contributed by atoms with Crippen molar-refractivity contribution in [3.63, 3.8) is 0 Å². The van der Waals surface area contributed by atoms with Crippen molar-refractivity contribution in [3.8, 4) is 0 Å². The quantitative estimate of drug-likeness (QED) is 0.234. The van der Waals surface area contributed by atoms with Crippen molar-refractivity contribution >= 4 is 32.4 Å². The van der Waals surface area contributed by atoms with Crippen molar-refractivity contribution in [3.05, 3.63) is 58.9 Å². The van der Waals surface area contributed by atoms with Crippen LogP contribution in [0.2, 0.25) is 0 Å². The van der Waals surface area contributed by atoms with Gasteiger partial charge in [0.25, 0.3) is 0 Å². The molecule has 9 heteroatoms. The van der Waals surface area contributed by atoms with E-state index in [9.17, 15) is 17.8 Å². The molecule has 0 unspecified atom stereocenters. The Hall–Kier alpha value is -1.52. The first-order valence-corrected chi connectivity index (χ1v) is 14.0. The van der Waals surface area contributed by atoms with Gasteiger partial charge in [0.15, 0.2) is 5.78 Å². The number of quaternary nitrogens is 1. The van der Waals surface area contributed by atoms with Gasteiger partial charge in [0.2, 0.25) is 0 Å². The van der Waals surface area contributed by atoms with Crippen LogP contribution in [0.25, 0.3) is 10.8 Å². The molecule has 196 valence electrons. The van der Waals surface area contributed by atoms with Crippen LogP contribution in [0.3, 0.4) is 0 Å². The SMILES string of the molecule is C1CCNCC1.CC[NH2+]c1ccc2cc(S(=O)(=O)[O-])ccc2c1C(C)(C)C/C=C1\C(=O)C(C)=C1OC.[Na+]. The number of benzene rings is 2. The molecule has 7 nitrogen and oxygen atoms in total. The topological polar surface area (TPSA) is 112 Å². The van der Waals surface area contributed by atoms with Crippen LogP contribution in [-0.4, -0.2) is 45.5 Å². The van der Waals surface area contributed by atoms with Gasteiger partial charge < -0.3 is 19.9 Å². The molecule has 1 heterocycles. The minimum absolute atomic E-state index is 0. The van der Waals surface area contributed by atoms with Crippen LogP contribution in [0.5, 0.6) is 0 Å². The number of rotatable bonds is 7. The summed E-state index contributed by atoms with van der Waals surface area (Å²) in [5.74, 6) is 0.644. The molecule has 2 aliphatic rings. The van der Waals surface area contributed by atoms with Gasteiger partial charge in [-0.2, -0.15) is 0 Å². The zero-order valence-electron chi connectivity index (χ0n) is 22.9. The number of methoxy groups -OCH3 is 1. The molecule has 0 bridgehead atoms. The number of Topliss-reactive ketones (excluding diaryl/α,β-unsaturated/α-hetero) is 1. The summed E-state index contributed by atoms with van der Waals surface area (Å²) >= 11 is 0. The number of allylic oxidation sites excluding steroid dienone is 3. The smallest absolute Gasteiger partial charge is 0.744 e. The molecule has 0 atom stereocenters. The van der Waals surface area contributed by atoms with Crippen molar-refractivity contribution in [2.75, 3.05) is 26.7 Å². The number of carbonyl (C=O) groups excluding carboxylic acids is 1. The van der Waals surface area contributed by atoms with Crippen LogP contribution < -0.4 is 40.2 Å². The molecule has 2 aromatic rings. The number of hydrogen-bond acceptors (Lipinski definition) is 6. The molecule has 37 heavy (non-hydrogen) atoms. The molecule has 1 fully saturated rings. The Morgan fingerprint density at radius 2 is 1.81 bits per heavy atom. The molecular formula is C28H38N2NaO5S+. The van der Waals surface area contributed by atoms with E-state index in [0.29, 0.717) is 28.7 Å². The molecule has 1 aliphatic carbocycles. The van der Waals surface area contributed by atoms with Crippen LogP contribution in [0.15, 0.2) is 58.2 Å². The number of ketones is 1. The number of nitrogens with two attached hydrogens (primary N) is 1. The average Bonchev–Trinajstić information content (AvgIpc) is 2.86. The number of ether oxygens (including phenoxy) is 1. The standard InChI is InChI=1S/C23H27NO5S.C5H11N.Na/c1-6-24-19-10-7-15-13-16(30(26,27)28)8-9-17(15)20(19)23(3,4)12-11-18-21(25)14(2)22(18)29-5;1-2-4-6-5-3-1;/h7-11,13,24H,6,12H2,1-5H3,(H,26,27,28);6H,1-5H2;/q;;+1/b18-11+;;. The van der Waals surface area contributed by atoms with Gasteiger partial charge in [-0.15, -0.1) is 0 Å². The average molecular weight is 538 g/mol. The van der Waals surface area contributed by atoms with Crippen molar-refractivity contribution in [2.24, 2.45) is 0 Å². The Bertz CT molecular complexity index is 1280. The molecular weight excluding hydrogens is 499 g/mol. The van der Waals surface area contributed by atoms with E-state index in [0.717, 1.165) is 23.2 Å². The Balaban J connectivity index is 0.000000604. The van der Waals surface area contributed by atoms with E-state index in [-0.39, 0.29) is 45.7 Å². The third-order valence-electron chi connectivity index (χ3n) is 6.81. The van der Waals surface area contributed by atoms with Crippen molar-refractivity contribution in [1.82, 2.24) is 5.32 Å². The second-order valence-electron chi connectivity index (χ2n) is 9.98. The number of hydrogen-bond donors (Lipinski definition) is 2. The third kappa shape index (κ3) is 7.53. The van der Waals surface area contributed by atoms with Crippen molar-refractivity contribution < 1.29 is 57.4 Å². The molecule has 4 rings (SSSR count). The summed E-state index contributed by atoms with van der Waals surface area (Å²) in [5.41, 5.74) is 3.00. The molecule has 3 N–H and O–H groups in total. The predicted molar refractivity (Wildman–Crippen MR) is 141 cm³/mol. The molecule has 0 saturated carbocycles. The van der Waals surface area contributed by atoms with Crippen molar-refractivity contribution in [1.29, 1.82) is 0 Å². The maximum absolute atomic E-state index is 12.2. The first kappa shape index (κ1) is 31.7. The first-order valence-electron chi connectivity index (χ1n) is 12.6. The molecule has 1 aliphatic heterocycles. The minimum atomic E-state index is -4.52. The molecule has 0 spiro atoms. The van der Waals surface area contributed by atoms with Gasteiger partial charge in [-0.1, -0.05) is 32.4 Å². The summed E-state index contributed by atoms with van der Waals surface area (Å²) in [5, 5.41) is 7.00. The second-order valence-corrected chi connectivity index (χ2v) is 11.4. The van der Waals surface area contributed by atoms with Crippen molar-refractivity contribution in [2.45, 2.75) is 63.7 Å². The largest absolute Gasteiger partial charge is 1.00 e. The van der Waals surface area contributed by atoms with Crippen LogP contribution in [0.4, 0.5) is 5.69 Å². The molecule has 0 amide bonds. The Morgan fingerprint density at radius 1 is 1.14 bits per heavy atom. The van der Waals surface area contributed by atoms with E-state index in [1.54, 1.807) is 20.1 Å². The number of carbonyl (C=O) groups is 1. The second kappa shape index (κ2) is 13.5. The van der Waals surface area contributed by atoms with Gasteiger partial charge in [0.05, 0.1) is 24.1 Å². The van der Waals surface area contributed by atoms with Crippen LogP contribution >= 0.6 is 0 Å². The fourth-order valence-electron chi connectivity index (χ4n) is 4.88. The molecule has 2 aromatic carbocycles. The van der Waals surface area contributed by atoms with Gasteiger partial charge >= 0.3 is 29.6 Å². The fourth-order valence-corrected chi connectivity index (χ4v) is 5.39. The molecule has 1 saturated heterocycles. The third-order valence-corrected chi connectivity index (χ3v) is 7.64. The van der Waals surface area contributed by atoms with Gasteiger partial charge in [-0.3, -0.25) is 4.79 Å². The summed E-state index contributed by atoms with van der Waals surface area (Å²) in [6.07, 6.45) is 6.73. The molecule has 0 aromatic heterocycles. The van der Waals surface area contributed by atoms with Gasteiger partial charge in [0, 0.05) is 11.1 Å². The number of nitrogens with one attached hydrogen (secondary N) is 1. The van der Waals surface area contributed by atoms with Gasteiger partial charge in [-0.25, -0.2) is 8.42 Å². The normalized spacial score (nSPS) is 17.1. The summed E-state index contributed by atoms with van der Waals surface area (Å²) < 4.78 is 39.7. The Kier molecular flexibility index (Phi) is 11.6. The summed E-state index contributed by atoms with van der Waals surface area (Å²) in [4.78, 5) is 12.0. The maximum atomic E-state index is 12.2. The summed E-state index contributed by atoms with van der Waals surface area (Å²) in [7, 11) is -2.96. The zero-order valence-corrected chi connectivity index (χ0v) is 25.8. The van der Waals surface area contributed by atoms with Crippen LogP contribution in [-0.2, 0) is 25.1 Å². The molecule has 0 radical (unpaired) electrons. The van der Waals surface area contributed by atoms with E-state index < -0.39 is 10.1 Å². The first-order chi connectivity index (χ1) is 17.0. The zero-order chi connectivity index (χ0) is 26.5. The number of fused-ring (bicyclic) bond motifs is 1. The predicted octanol–water partition coefficient (Wildman–Crippen LogP) is 0.820. The van der Waals surface area contributed by atoms with E-state index in [4.69, 9.17) is 4.74 Å². The summed E-state index contributed by atoms with van der Waals surface area (Å²) in [6, 6.07) is 8.29. The monoisotopic (exact) mass is 537 g/mol. The number of piperidine rings is 1. The van der Waals surface area contributed by atoms with E-state index in [1.165, 1.54) is 44.5 Å². The minimum Gasteiger partial charge on any atom is -0.744 e. The fraction of sp³-hybridized carbons (Fsp3) is 0.464. The van der Waals surface area contributed by atoms with Gasteiger partial charge in [0.1, 0.15) is 21.6 Å². The Labute approximate surface area is 243 Å². The van der Waals surface area contributed by atoms with Crippen LogP contribution in [0, 0.1) is 0 Å². The van der Waals surface area contributed by atoms with Crippen LogP contribution in [0.1, 0.15) is 58.9 Å². The van der Waals surface area contributed by atoms with E-state index in [2.05, 4.69) is 31.4 Å². The summed E-state index contributed by atoms with van der Waals surface area (Å²) in [6.45, 7) is 11.3. The van der Waals surface area contributed by atoms with E-state index in [1.807, 2.05) is 18.2 Å².